The molecular formula is C27H30F2. The lowest BCUT2D eigenvalue weighted by Crippen LogP contribution is -2.14. The molecule has 1 aliphatic rings. The number of rotatable bonds is 6. The van der Waals surface area contributed by atoms with E-state index >= 15 is 0 Å². The van der Waals surface area contributed by atoms with Gasteiger partial charge in [-0.3, -0.25) is 0 Å². The Morgan fingerprint density at radius 3 is 2.24 bits per heavy atom. The lowest BCUT2D eigenvalue weighted by Gasteiger charge is -2.28. The van der Waals surface area contributed by atoms with Crippen molar-refractivity contribution in [3.63, 3.8) is 0 Å². The van der Waals surface area contributed by atoms with E-state index in [9.17, 15) is 8.78 Å². The molecule has 3 rings (SSSR count). The second kappa shape index (κ2) is 10.4. The minimum Gasteiger partial charge on any atom is -0.206 e. The average molecular weight is 393 g/mol. The van der Waals surface area contributed by atoms with Crippen molar-refractivity contribution in [3.8, 4) is 11.8 Å². The smallest absolute Gasteiger partial charge is 0.142 e. The van der Waals surface area contributed by atoms with Crippen molar-refractivity contribution in [1.82, 2.24) is 0 Å². The van der Waals surface area contributed by atoms with Gasteiger partial charge >= 0.3 is 0 Å². The highest BCUT2D eigenvalue weighted by atomic mass is 19.1. The average Bonchev–Trinajstić information content (AvgIpc) is 2.73. The van der Waals surface area contributed by atoms with Crippen LogP contribution in [0.5, 0.6) is 0 Å². The molecule has 29 heavy (non-hydrogen) atoms. The van der Waals surface area contributed by atoms with Crippen molar-refractivity contribution in [2.45, 2.75) is 64.2 Å². The van der Waals surface area contributed by atoms with Gasteiger partial charge in [-0.2, -0.15) is 0 Å². The number of hydrogen-bond acceptors (Lipinski definition) is 0. The summed E-state index contributed by atoms with van der Waals surface area (Å²) in [6, 6.07) is 10.8. The van der Waals surface area contributed by atoms with Gasteiger partial charge in [0.25, 0.3) is 0 Å². The summed E-state index contributed by atoms with van der Waals surface area (Å²) >= 11 is 0. The van der Waals surface area contributed by atoms with Gasteiger partial charge in [-0.1, -0.05) is 43.4 Å². The van der Waals surface area contributed by atoms with E-state index in [2.05, 4.69) is 25.3 Å². The Morgan fingerprint density at radius 1 is 1.00 bits per heavy atom. The van der Waals surface area contributed by atoms with E-state index in [0.29, 0.717) is 5.92 Å². The van der Waals surface area contributed by atoms with Gasteiger partial charge in [-0.05, 0) is 92.2 Å². The summed E-state index contributed by atoms with van der Waals surface area (Å²) in [6.45, 7) is 5.92. The maximum Gasteiger partial charge on any atom is 0.142 e. The number of allylic oxidation sites excluding steroid dienone is 1. The van der Waals surface area contributed by atoms with Gasteiger partial charge in [0, 0.05) is 5.56 Å². The molecule has 1 fully saturated rings. The third kappa shape index (κ3) is 5.80. The molecule has 1 aliphatic carbocycles. The van der Waals surface area contributed by atoms with E-state index in [-0.39, 0.29) is 11.5 Å². The molecule has 0 amide bonds. The Labute approximate surface area is 174 Å². The zero-order valence-electron chi connectivity index (χ0n) is 17.3. The van der Waals surface area contributed by atoms with E-state index in [1.165, 1.54) is 24.1 Å². The second-order valence-corrected chi connectivity index (χ2v) is 8.14. The van der Waals surface area contributed by atoms with Gasteiger partial charge in [0.1, 0.15) is 11.6 Å². The van der Waals surface area contributed by atoms with Crippen LogP contribution in [0.2, 0.25) is 0 Å². The molecule has 152 valence electrons. The molecule has 0 nitrogen and oxygen atoms in total. The SMILES string of the molecule is C=CCCC1CCC(c2cc(F)c(C#Cc3ccc(CCC)cc3)c(F)c2)CC1. The van der Waals surface area contributed by atoms with E-state index < -0.39 is 11.6 Å². The Morgan fingerprint density at radius 2 is 1.66 bits per heavy atom. The van der Waals surface area contributed by atoms with Crippen molar-refractivity contribution in [2.75, 3.05) is 0 Å². The van der Waals surface area contributed by atoms with Crippen molar-refractivity contribution >= 4 is 0 Å². The predicted octanol–water partition coefficient (Wildman–Crippen LogP) is 7.56. The van der Waals surface area contributed by atoms with Crippen LogP contribution >= 0.6 is 0 Å². The standard InChI is InChI=1S/C27H30F2/c1-3-5-7-21-12-15-23(16-13-21)24-18-26(28)25(27(29)19-24)17-14-22-10-8-20(6-4-2)9-11-22/h3,8-11,18-19,21,23H,1,4-7,12-13,15-16H2,2H3. The van der Waals surface area contributed by atoms with Crippen LogP contribution in [0.25, 0.3) is 0 Å². The first-order chi connectivity index (χ1) is 14.1. The summed E-state index contributed by atoms with van der Waals surface area (Å²) in [7, 11) is 0. The highest BCUT2D eigenvalue weighted by Crippen LogP contribution is 2.38. The number of aryl methyl sites for hydroxylation is 1. The molecule has 0 saturated heterocycles. The van der Waals surface area contributed by atoms with Crippen molar-refractivity contribution in [2.24, 2.45) is 5.92 Å². The lowest BCUT2D eigenvalue weighted by atomic mass is 9.77. The van der Waals surface area contributed by atoms with Gasteiger partial charge in [0.05, 0.1) is 5.56 Å². The fraction of sp³-hybridized carbons (Fsp3) is 0.407. The first-order valence-electron chi connectivity index (χ1n) is 10.8. The molecule has 0 radical (unpaired) electrons. The predicted molar refractivity (Wildman–Crippen MR) is 117 cm³/mol. The van der Waals surface area contributed by atoms with Crippen molar-refractivity contribution in [3.05, 3.63) is 82.9 Å². The summed E-state index contributed by atoms with van der Waals surface area (Å²) in [5, 5.41) is 0. The van der Waals surface area contributed by atoms with E-state index in [1.54, 1.807) is 0 Å². The molecule has 2 heteroatoms. The monoisotopic (exact) mass is 392 g/mol. The van der Waals surface area contributed by atoms with Gasteiger partial charge in [0.2, 0.25) is 0 Å². The largest absolute Gasteiger partial charge is 0.206 e. The molecule has 1 saturated carbocycles. The molecule has 0 spiro atoms. The fourth-order valence-electron chi connectivity index (χ4n) is 4.26. The molecule has 0 aromatic heterocycles. The summed E-state index contributed by atoms with van der Waals surface area (Å²) in [5.41, 5.74) is 2.66. The van der Waals surface area contributed by atoms with Crippen molar-refractivity contribution in [1.29, 1.82) is 0 Å². The first kappa shape index (κ1) is 21.3. The van der Waals surface area contributed by atoms with Crippen LogP contribution < -0.4 is 0 Å². The molecule has 0 atom stereocenters. The third-order valence-corrected chi connectivity index (χ3v) is 5.99. The molecular weight excluding hydrogens is 362 g/mol. The number of halogens is 2. The normalized spacial score (nSPS) is 18.7. The fourth-order valence-corrected chi connectivity index (χ4v) is 4.26. The highest BCUT2D eigenvalue weighted by molar-refractivity contribution is 5.46. The third-order valence-electron chi connectivity index (χ3n) is 5.99. The van der Waals surface area contributed by atoms with Crippen LogP contribution in [0.3, 0.4) is 0 Å². The van der Waals surface area contributed by atoms with Gasteiger partial charge in [0.15, 0.2) is 0 Å². The van der Waals surface area contributed by atoms with Crippen LogP contribution in [0.4, 0.5) is 8.78 Å². The molecule has 2 aromatic rings. The van der Waals surface area contributed by atoms with E-state index in [0.717, 1.165) is 56.1 Å². The van der Waals surface area contributed by atoms with Crippen LogP contribution in [0.1, 0.15) is 80.0 Å². The van der Waals surface area contributed by atoms with Crippen molar-refractivity contribution < 1.29 is 8.78 Å². The minimum absolute atomic E-state index is 0.133. The quantitative estimate of drug-likeness (QED) is 0.351. The Hall–Kier alpha value is -2.40. The summed E-state index contributed by atoms with van der Waals surface area (Å²) in [6.07, 6.45) is 10.5. The summed E-state index contributed by atoms with van der Waals surface area (Å²) in [4.78, 5) is 0. The summed E-state index contributed by atoms with van der Waals surface area (Å²) in [5.74, 6) is 5.45. The van der Waals surface area contributed by atoms with Gasteiger partial charge in [-0.25, -0.2) is 8.78 Å². The van der Waals surface area contributed by atoms with Gasteiger partial charge in [-0.15, -0.1) is 6.58 Å². The molecule has 0 bridgehead atoms. The molecule has 0 aliphatic heterocycles. The Bertz CT molecular complexity index is 852. The molecule has 0 N–H and O–H groups in total. The maximum absolute atomic E-state index is 14.6. The molecule has 0 heterocycles. The maximum atomic E-state index is 14.6. The molecule has 2 aromatic carbocycles. The van der Waals surface area contributed by atoms with Gasteiger partial charge < -0.3 is 0 Å². The van der Waals surface area contributed by atoms with Crippen LogP contribution in [0, 0.1) is 29.4 Å². The minimum atomic E-state index is -0.552. The van der Waals surface area contributed by atoms with E-state index in [4.69, 9.17) is 0 Å². The Balaban J connectivity index is 1.69. The molecule has 0 unspecified atom stereocenters. The summed E-state index contributed by atoms with van der Waals surface area (Å²) < 4.78 is 29.2. The van der Waals surface area contributed by atoms with Crippen LogP contribution in [0.15, 0.2) is 49.1 Å². The number of hydrogen-bond donors (Lipinski definition) is 0. The first-order valence-corrected chi connectivity index (χ1v) is 10.8. The van der Waals surface area contributed by atoms with Crippen LogP contribution in [-0.4, -0.2) is 0 Å². The van der Waals surface area contributed by atoms with Crippen LogP contribution in [-0.2, 0) is 6.42 Å². The topological polar surface area (TPSA) is 0 Å². The zero-order chi connectivity index (χ0) is 20.6. The highest BCUT2D eigenvalue weighted by Gasteiger charge is 2.23. The Kier molecular flexibility index (Phi) is 7.64. The number of benzene rings is 2. The van der Waals surface area contributed by atoms with E-state index in [1.807, 2.05) is 30.3 Å². The zero-order valence-corrected chi connectivity index (χ0v) is 17.3. The second-order valence-electron chi connectivity index (χ2n) is 8.14. The lowest BCUT2D eigenvalue weighted by molar-refractivity contribution is 0.311.